The van der Waals surface area contributed by atoms with E-state index >= 15 is 0 Å². The molecule has 0 heterocycles. The van der Waals surface area contributed by atoms with Gasteiger partial charge in [0.05, 0.1) is 6.10 Å². The number of aliphatic hydroxyl groups excluding tert-OH is 1. The fourth-order valence-electron chi connectivity index (χ4n) is 2.62. The molecule has 0 amide bonds. The Labute approximate surface area is 120 Å². The molecule has 1 aliphatic carbocycles. The Hall–Kier alpha value is -0.730. The maximum atomic E-state index is 10.0. The SMILES string of the molecule is Cc1cc(Cl)c(C(C)C)cc1O[C@H]1CCCC[C@@H]1O. The second-order valence-electron chi connectivity index (χ2n) is 5.80. The molecule has 2 nitrogen and oxygen atoms in total. The second-order valence-corrected chi connectivity index (χ2v) is 6.21. The summed E-state index contributed by atoms with van der Waals surface area (Å²) in [7, 11) is 0. The monoisotopic (exact) mass is 282 g/mol. The fourth-order valence-corrected chi connectivity index (χ4v) is 3.05. The summed E-state index contributed by atoms with van der Waals surface area (Å²) in [6.45, 7) is 6.24. The average Bonchev–Trinajstić information content (AvgIpc) is 2.34. The third-order valence-corrected chi connectivity index (χ3v) is 4.19. The van der Waals surface area contributed by atoms with Crippen LogP contribution in [0, 0.1) is 6.92 Å². The number of aliphatic hydroxyl groups is 1. The van der Waals surface area contributed by atoms with Gasteiger partial charge in [0.25, 0.3) is 0 Å². The Kier molecular flexibility index (Phi) is 4.75. The van der Waals surface area contributed by atoms with Crippen molar-refractivity contribution >= 4 is 11.6 Å². The molecule has 0 aliphatic heterocycles. The smallest absolute Gasteiger partial charge is 0.124 e. The number of hydrogen-bond acceptors (Lipinski definition) is 2. The highest BCUT2D eigenvalue weighted by Crippen LogP contribution is 2.33. The van der Waals surface area contributed by atoms with E-state index in [1.807, 2.05) is 19.1 Å². The summed E-state index contributed by atoms with van der Waals surface area (Å²) in [4.78, 5) is 0. The maximum absolute atomic E-state index is 10.0. The van der Waals surface area contributed by atoms with Crippen LogP contribution in [-0.2, 0) is 0 Å². The van der Waals surface area contributed by atoms with E-state index in [1.165, 1.54) is 0 Å². The molecule has 1 fully saturated rings. The van der Waals surface area contributed by atoms with Crippen LogP contribution in [0.15, 0.2) is 12.1 Å². The van der Waals surface area contributed by atoms with Crippen molar-refractivity contribution in [2.75, 3.05) is 0 Å². The van der Waals surface area contributed by atoms with Gasteiger partial charge in [-0.2, -0.15) is 0 Å². The number of halogens is 1. The summed E-state index contributed by atoms with van der Waals surface area (Å²) < 4.78 is 6.04. The average molecular weight is 283 g/mol. The van der Waals surface area contributed by atoms with Crippen LogP contribution in [0.4, 0.5) is 0 Å². The van der Waals surface area contributed by atoms with Crippen LogP contribution in [0.25, 0.3) is 0 Å². The highest BCUT2D eigenvalue weighted by Gasteiger charge is 2.25. The molecule has 0 aromatic heterocycles. The number of benzene rings is 1. The summed E-state index contributed by atoms with van der Waals surface area (Å²) >= 11 is 6.26. The molecule has 19 heavy (non-hydrogen) atoms. The van der Waals surface area contributed by atoms with E-state index in [9.17, 15) is 5.11 Å². The first-order valence-electron chi connectivity index (χ1n) is 7.13. The largest absolute Gasteiger partial charge is 0.487 e. The Bertz CT molecular complexity index is 443. The van der Waals surface area contributed by atoms with E-state index in [0.29, 0.717) is 5.92 Å². The van der Waals surface area contributed by atoms with Gasteiger partial charge in [-0.3, -0.25) is 0 Å². The minimum absolute atomic E-state index is 0.0753. The van der Waals surface area contributed by atoms with Crippen molar-refractivity contribution in [2.24, 2.45) is 0 Å². The van der Waals surface area contributed by atoms with Gasteiger partial charge in [-0.1, -0.05) is 31.9 Å². The van der Waals surface area contributed by atoms with Gasteiger partial charge in [-0.15, -0.1) is 0 Å². The van der Waals surface area contributed by atoms with Crippen LogP contribution in [0.1, 0.15) is 56.6 Å². The summed E-state index contributed by atoms with van der Waals surface area (Å²) in [5.41, 5.74) is 2.14. The predicted octanol–water partition coefficient (Wildman–Crippen LogP) is 4.45. The number of rotatable bonds is 3. The van der Waals surface area contributed by atoms with Gasteiger partial charge in [-0.05, 0) is 55.4 Å². The molecule has 3 heteroatoms. The molecular formula is C16H23ClO2. The molecule has 2 atom stereocenters. The first-order chi connectivity index (χ1) is 8.99. The topological polar surface area (TPSA) is 29.5 Å². The van der Waals surface area contributed by atoms with Gasteiger partial charge < -0.3 is 9.84 Å². The van der Waals surface area contributed by atoms with Crippen LogP contribution >= 0.6 is 11.6 Å². The van der Waals surface area contributed by atoms with Crippen molar-refractivity contribution in [3.63, 3.8) is 0 Å². The van der Waals surface area contributed by atoms with Gasteiger partial charge in [0.2, 0.25) is 0 Å². The van der Waals surface area contributed by atoms with Crippen molar-refractivity contribution in [2.45, 2.75) is 64.6 Å². The van der Waals surface area contributed by atoms with E-state index in [0.717, 1.165) is 47.6 Å². The lowest BCUT2D eigenvalue weighted by Gasteiger charge is -2.29. The highest BCUT2D eigenvalue weighted by atomic mass is 35.5. The molecule has 1 saturated carbocycles. The van der Waals surface area contributed by atoms with Crippen molar-refractivity contribution in [3.05, 3.63) is 28.3 Å². The molecule has 1 aromatic rings. The van der Waals surface area contributed by atoms with Crippen molar-refractivity contribution < 1.29 is 9.84 Å². The molecule has 0 saturated heterocycles. The normalized spacial score (nSPS) is 23.7. The molecule has 1 aliphatic rings. The molecule has 2 rings (SSSR count). The van der Waals surface area contributed by atoms with E-state index in [-0.39, 0.29) is 12.2 Å². The minimum Gasteiger partial charge on any atom is -0.487 e. The number of aryl methyl sites for hydroxylation is 1. The number of hydrogen-bond donors (Lipinski definition) is 1. The first kappa shape index (κ1) is 14.7. The standard InChI is InChI=1S/C16H23ClO2/c1-10(2)12-9-16(11(3)8-13(12)17)19-15-7-5-4-6-14(15)18/h8-10,14-15,18H,4-7H2,1-3H3/t14-,15-/m0/s1. The third kappa shape index (κ3) is 3.43. The number of ether oxygens (including phenoxy) is 1. The zero-order valence-corrected chi connectivity index (χ0v) is 12.7. The molecule has 1 aromatic carbocycles. The summed E-state index contributed by atoms with van der Waals surface area (Å²) in [6, 6.07) is 3.99. The lowest BCUT2D eigenvalue weighted by molar-refractivity contribution is 0.00650. The van der Waals surface area contributed by atoms with Crippen molar-refractivity contribution in [3.8, 4) is 5.75 Å². The molecule has 106 valence electrons. The molecule has 0 bridgehead atoms. The van der Waals surface area contributed by atoms with Crippen LogP contribution < -0.4 is 4.74 Å². The van der Waals surface area contributed by atoms with Gasteiger partial charge in [0, 0.05) is 5.02 Å². The molecule has 0 unspecified atom stereocenters. The molecule has 0 radical (unpaired) electrons. The minimum atomic E-state index is -0.341. The first-order valence-corrected chi connectivity index (χ1v) is 7.51. The predicted molar refractivity (Wildman–Crippen MR) is 79.2 cm³/mol. The van der Waals surface area contributed by atoms with E-state index in [2.05, 4.69) is 13.8 Å². The lowest BCUT2D eigenvalue weighted by atomic mass is 9.94. The summed E-state index contributed by atoms with van der Waals surface area (Å²) in [5.74, 6) is 1.23. The quantitative estimate of drug-likeness (QED) is 0.887. The Balaban J connectivity index is 2.21. The lowest BCUT2D eigenvalue weighted by Crippen LogP contribution is -2.34. The van der Waals surface area contributed by atoms with E-state index in [1.54, 1.807) is 0 Å². The fraction of sp³-hybridized carbons (Fsp3) is 0.625. The van der Waals surface area contributed by atoms with Gasteiger partial charge in [0.15, 0.2) is 0 Å². The Morgan fingerprint density at radius 3 is 2.58 bits per heavy atom. The second kappa shape index (κ2) is 6.15. The van der Waals surface area contributed by atoms with Crippen LogP contribution in [-0.4, -0.2) is 17.3 Å². The van der Waals surface area contributed by atoms with Crippen molar-refractivity contribution in [1.29, 1.82) is 0 Å². The molecular weight excluding hydrogens is 260 g/mol. The highest BCUT2D eigenvalue weighted by molar-refractivity contribution is 6.31. The van der Waals surface area contributed by atoms with E-state index < -0.39 is 0 Å². The van der Waals surface area contributed by atoms with Crippen molar-refractivity contribution in [1.82, 2.24) is 0 Å². The molecule has 1 N–H and O–H groups in total. The van der Waals surface area contributed by atoms with Crippen LogP contribution in [0.3, 0.4) is 0 Å². The zero-order chi connectivity index (χ0) is 14.0. The van der Waals surface area contributed by atoms with Crippen LogP contribution in [0.5, 0.6) is 5.75 Å². The summed E-state index contributed by atoms with van der Waals surface area (Å²) in [5, 5.41) is 10.8. The third-order valence-electron chi connectivity index (χ3n) is 3.86. The van der Waals surface area contributed by atoms with Gasteiger partial charge >= 0.3 is 0 Å². The van der Waals surface area contributed by atoms with Gasteiger partial charge in [0.1, 0.15) is 11.9 Å². The van der Waals surface area contributed by atoms with Gasteiger partial charge in [-0.25, -0.2) is 0 Å². The zero-order valence-electron chi connectivity index (χ0n) is 11.9. The molecule has 0 spiro atoms. The Morgan fingerprint density at radius 1 is 1.26 bits per heavy atom. The van der Waals surface area contributed by atoms with Crippen LogP contribution in [0.2, 0.25) is 5.02 Å². The summed E-state index contributed by atoms with van der Waals surface area (Å²) in [6.07, 6.45) is 3.58. The Morgan fingerprint density at radius 2 is 1.95 bits per heavy atom. The maximum Gasteiger partial charge on any atom is 0.124 e. The van der Waals surface area contributed by atoms with E-state index in [4.69, 9.17) is 16.3 Å².